The van der Waals surface area contributed by atoms with E-state index < -0.39 is 55.0 Å². The molecule has 0 radical (unpaired) electrons. The Morgan fingerprint density at radius 1 is 1.16 bits per heavy atom. The van der Waals surface area contributed by atoms with Crippen molar-refractivity contribution in [2.45, 2.75) is 12.5 Å². The Morgan fingerprint density at radius 3 is 2.59 bits per heavy atom. The van der Waals surface area contributed by atoms with Gasteiger partial charge in [-0.05, 0) is 18.6 Å². The molecule has 15 heteroatoms. The number of hydrogen-bond acceptors (Lipinski definition) is 10. The van der Waals surface area contributed by atoms with E-state index in [1.165, 1.54) is 17.0 Å². The summed E-state index contributed by atoms with van der Waals surface area (Å²) >= 11 is 0. The number of ether oxygens (including phenoxy) is 1. The number of esters is 1. The zero-order valence-electron chi connectivity index (χ0n) is 19.8. The molecule has 0 aliphatic carbocycles. The summed E-state index contributed by atoms with van der Waals surface area (Å²) < 4.78 is 4.56. The summed E-state index contributed by atoms with van der Waals surface area (Å²) in [5.41, 5.74) is 0.0864. The Kier molecular flexibility index (Phi) is 9.35. The van der Waals surface area contributed by atoms with Crippen LogP contribution in [0.1, 0.15) is 16.8 Å². The van der Waals surface area contributed by atoms with Crippen molar-refractivity contribution >= 4 is 41.8 Å². The van der Waals surface area contributed by atoms with Gasteiger partial charge >= 0.3 is 24.1 Å². The summed E-state index contributed by atoms with van der Waals surface area (Å²) in [6.45, 7) is 0.916. The molecule has 198 valence electrons. The Hall–Kier alpha value is -4.69. The number of imide groups is 1. The number of carbonyl (C=O) groups excluding carboxylic acids is 5. The van der Waals surface area contributed by atoms with E-state index in [4.69, 9.17) is 0 Å². The second-order valence-electron chi connectivity index (χ2n) is 8.00. The molecule has 0 spiro atoms. The lowest BCUT2D eigenvalue weighted by atomic mass is 10.2. The predicted octanol–water partition coefficient (Wildman–Crippen LogP) is -1.67. The third kappa shape index (κ3) is 7.91. The molecule has 1 aromatic carbocycles. The molecule has 15 nitrogen and oxygen atoms in total. The molecule has 2 aliphatic rings. The van der Waals surface area contributed by atoms with Crippen LogP contribution in [0.15, 0.2) is 35.3 Å². The van der Waals surface area contributed by atoms with E-state index in [9.17, 15) is 33.9 Å². The quantitative estimate of drug-likeness (QED) is 0.0978. The van der Waals surface area contributed by atoms with Crippen LogP contribution in [0.3, 0.4) is 0 Å². The van der Waals surface area contributed by atoms with Gasteiger partial charge in [0.05, 0.1) is 12.1 Å². The van der Waals surface area contributed by atoms with Gasteiger partial charge in [-0.15, -0.1) is 0 Å². The monoisotopic (exact) mass is 517 g/mol. The number of aliphatic imine (C=N–C) groups is 1. The number of guanidine groups is 1. The highest BCUT2D eigenvalue weighted by Crippen LogP contribution is 2.10. The molecular formula is C22H27N7O8. The van der Waals surface area contributed by atoms with Gasteiger partial charge in [0, 0.05) is 26.2 Å². The maximum Gasteiger partial charge on any atom is 0.415 e. The number of carboxylic acid groups (broad SMARTS) is 1. The molecule has 1 fully saturated rings. The third-order valence-electron chi connectivity index (χ3n) is 5.29. The minimum absolute atomic E-state index is 0.0864. The number of urea groups is 1. The van der Waals surface area contributed by atoms with E-state index in [1.807, 2.05) is 5.32 Å². The smallest absolute Gasteiger partial charge is 0.415 e. The first kappa shape index (κ1) is 26.9. The van der Waals surface area contributed by atoms with E-state index in [1.54, 1.807) is 18.2 Å². The van der Waals surface area contributed by atoms with Crippen LogP contribution in [0.2, 0.25) is 0 Å². The van der Waals surface area contributed by atoms with Crippen LogP contribution in [-0.2, 0) is 19.1 Å². The molecule has 1 aromatic rings. The van der Waals surface area contributed by atoms with Gasteiger partial charge in [-0.3, -0.25) is 19.5 Å². The molecule has 1 atom stereocenters. The number of alkyl carbamates (subject to hydrolysis) is 1. The first-order valence-corrected chi connectivity index (χ1v) is 11.4. The SMILES string of the molecule is O=C(CN1C(=O)CN(CCCNC2=NCCN2)C1=O)NC[C@H](NC(=O)OC(=O)c1ccccc1)C(=O)O. The van der Waals surface area contributed by atoms with Gasteiger partial charge in [0.25, 0.3) is 5.91 Å². The molecule has 2 heterocycles. The van der Waals surface area contributed by atoms with Gasteiger partial charge in [-0.25, -0.2) is 19.2 Å². The maximum atomic E-state index is 12.5. The lowest BCUT2D eigenvalue weighted by molar-refractivity contribution is -0.139. The van der Waals surface area contributed by atoms with Crippen LogP contribution in [0.25, 0.3) is 0 Å². The number of rotatable bonds is 11. The van der Waals surface area contributed by atoms with E-state index in [0.29, 0.717) is 25.5 Å². The fourth-order valence-electron chi connectivity index (χ4n) is 3.42. The third-order valence-corrected chi connectivity index (χ3v) is 5.29. The average molecular weight is 517 g/mol. The van der Waals surface area contributed by atoms with E-state index in [2.05, 4.69) is 25.7 Å². The minimum Gasteiger partial charge on any atom is -0.480 e. The van der Waals surface area contributed by atoms with Gasteiger partial charge in [0.1, 0.15) is 19.1 Å². The van der Waals surface area contributed by atoms with Gasteiger partial charge in [-0.2, -0.15) is 0 Å². The van der Waals surface area contributed by atoms with Crippen molar-refractivity contribution in [2.75, 3.05) is 45.8 Å². The van der Waals surface area contributed by atoms with Gasteiger partial charge in [0.2, 0.25) is 5.91 Å². The summed E-state index contributed by atoms with van der Waals surface area (Å²) in [6, 6.07) is 5.33. The highest BCUT2D eigenvalue weighted by molar-refractivity contribution is 6.04. The van der Waals surface area contributed by atoms with Crippen molar-refractivity contribution in [3.05, 3.63) is 35.9 Å². The lowest BCUT2D eigenvalue weighted by Gasteiger charge is -2.18. The summed E-state index contributed by atoms with van der Waals surface area (Å²) in [5.74, 6) is -3.17. The number of aliphatic carboxylic acids is 1. The van der Waals surface area contributed by atoms with E-state index in [0.717, 1.165) is 11.4 Å². The van der Waals surface area contributed by atoms with Crippen LogP contribution < -0.4 is 21.3 Å². The van der Waals surface area contributed by atoms with Crippen LogP contribution >= 0.6 is 0 Å². The Balaban J connectivity index is 1.41. The Bertz CT molecular complexity index is 1080. The number of carbonyl (C=O) groups is 6. The Morgan fingerprint density at radius 2 is 1.92 bits per heavy atom. The van der Waals surface area contributed by atoms with Crippen LogP contribution in [0, 0.1) is 0 Å². The maximum absolute atomic E-state index is 12.5. The number of benzene rings is 1. The zero-order chi connectivity index (χ0) is 26.8. The van der Waals surface area contributed by atoms with Gasteiger partial charge in [0.15, 0.2) is 5.96 Å². The number of nitrogens with one attached hydrogen (secondary N) is 4. The number of nitrogens with zero attached hydrogens (tertiary/aromatic N) is 3. The van der Waals surface area contributed by atoms with Gasteiger partial charge < -0.3 is 36.0 Å². The molecule has 0 unspecified atom stereocenters. The fourth-order valence-corrected chi connectivity index (χ4v) is 3.42. The highest BCUT2D eigenvalue weighted by atomic mass is 16.6. The molecular weight excluding hydrogens is 490 g/mol. The second kappa shape index (κ2) is 12.9. The van der Waals surface area contributed by atoms with Gasteiger partial charge in [-0.1, -0.05) is 18.2 Å². The van der Waals surface area contributed by atoms with Crippen LogP contribution in [0.4, 0.5) is 9.59 Å². The zero-order valence-corrected chi connectivity index (χ0v) is 19.8. The second-order valence-corrected chi connectivity index (χ2v) is 8.00. The van der Waals surface area contributed by atoms with Crippen LogP contribution in [-0.4, -0.2) is 109 Å². The summed E-state index contributed by atoms with van der Waals surface area (Å²) in [6.07, 6.45) is -0.768. The van der Waals surface area contributed by atoms with E-state index in [-0.39, 0.29) is 18.7 Å². The molecule has 2 aliphatic heterocycles. The van der Waals surface area contributed by atoms with Crippen molar-refractivity contribution in [3.63, 3.8) is 0 Å². The molecule has 1 saturated heterocycles. The summed E-state index contributed by atoms with van der Waals surface area (Å²) in [4.78, 5) is 78.6. The standard InChI is InChI=1S/C22H27N7O8/c30-16(12-29-17(31)13-28(22(29)36)10-4-7-23-20-24-8-9-25-20)26-11-15(18(32)33)27-21(35)37-19(34)14-5-2-1-3-6-14/h1-3,5-6,15H,4,7-13H2,(H,26,30)(H,27,35)(H,32,33)(H2,23,24,25)/t15-/m0/s1. The molecule has 5 N–H and O–H groups in total. The molecule has 0 bridgehead atoms. The lowest BCUT2D eigenvalue weighted by Crippen LogP contribution is -2.50. The fraction of sp³-hybridized carbons (Fsp3) is 0.409. The van der Waals surface area contributed by atoms with Crippen molar-refractivity contribution < 1.29 is 38.6 Å². The average Bonchev–Trinajstić information content (AvgIpc) is 3.48. The normalized spacial score (nSPS) is 15.5. The molecule has 5 amide bonds. The summed E-state index contributed by atoms with van der Waals surface area (Å²) in [7, 11) is 0. The minimum atomic E-state index is -1.63. The summed E-state index contributed by atoms with van der Waals surface area (Å²) in [5, 5.41) is 19.7. The first-order chi connectivity index (χ1) is 17.7. The molecule has 0 aromatic heterocycles. The molecule has 0 saturated carbocycles. The Labute approximate surface area is 211 Å². The van der Waals surface area contributed by atoms with Crippen molar-refractivity contribution in [2.24, 2.45) is 4.99 Å². The molecule has 3 rings (SSSR count). The van der Waals surface area contributed by atoms with E-state index >= 15 is 0 Å². The number of hydrogen-bond donors (Lipinski definition) is 5. The first-order valence-electron chi connectivity index (χ1n) is 11.4. The van der Waals surface area contributed by atoms with Crippen molar-refractivity contribution in [1.29, 1.82) is 0 Å². The van der Waals surface area contributed by atoms with Crippen molar-refractivity contribution in [3.8, 4) is 0 Å². The number of amides is 5. The predicted molar refractivity (Wildman–Crippen MR) is 126 cm³/mol. The van der Waals surface area contributed by atoms with Crippen LogP contribution in [0.5, 0.6) is 0 Å². The largest absolute Gasteiger partial charge is 0.480 e. The highest BCUT2D eigenvalue weighted by Gasteiger charge is 2.37. The topological polar surface area (TPSA) is 199 Å². The van der Waals surface area contributed by atoms with Crippen molar-refractivity contribution in [1.82, 2.24) is 31.1 Å². The molecule has 37 heavy (non-hydrogen) atoms. The number of carboxylic acids is 1.